The summed E-state index contributed by atoms with van der Waals surface area (Å²) >= 11 is 0. The summed E-state index contributed by atoms with van der Waals surface area (Å²) in [5.41, 5.74) is 0.0717. The molecule has 0 fully saturated rings. The van der Waals surface area contributed by atoms with Crippen LogP contribution in [-0.2, 0) is 18.3 Å². The lowest BCUT2D eigenvalue weighted by atomic mass is 9.89. The second-order valence-electron chi connectivity index (χ2n) is 4.91. The van der Waals surface area contributed by atoms with E-state index >= 15 is 0 Å². The van der Waals surface area contributed by atoms with Crippen molar-refractivity contribution in [2.75, 3.05) is 0 Å². The van der Waals surface area contributed by atoms with Crippen LogP contribution in [0, 0.1) is 5.41 Å². The van der Waals surface area contributed by atoms with Gasteiger partial charge in [0.1, 0.15) is 11.6 Å². The van der Waals surface area contributed by atoms with E-state index in [1.165, 1.54) is 0 Å². The van der Waals surface area contributed by atoms with Crippen LogP contribution in [0.5, 0.6) is 0 Å². The van der Waals surface area contributed by atoms with Crippen molar-refractivity contribution in [2.45, 2.75) is 33.6 Å². The lowest BCUT2D eigenvalue weighted by Gasteiger charge is -2.16. The molecule has 0 aliphatic heterocycles. The Morgan fingerprint density at radius 1 is 1.50 bits per heavy atom. The molecule has 0 aliphatic rings. The summed E-state index contributed by atoms with van der Waals surface area (Å²) in [4.78, 5) is 15.8. The number of aromatic nitrogens is 2. The molecule has 0 saturated heterocycles. The monoisotopic (exact) mass is 194 g/mol. The fourth-order valence-electron chi connectivity index (χ4n) is 1.40. The van der Waals surface area contributed by atoms with Crippen LogP contribution in [0.3, 0.4) is 0 Å². The Balaban J connectivity index is 2.54. The molecule has 0 atom stereocenters. The average molecular weight is 194 g/mol. The van der Waals surface area contributed by atoms with Gasteiger partial charge in [0.2, 0.25) is 0 Å². The number of hydrogen-bond donors (Lipinski definition) is 0. The van der Waals surface area contributed by atoms with Gasteiger partial charge in [-0.25, -0.2) is 4.98 Å². The molecule has 78 valence electrons. The number of nitrogens with zero attached hydrogens (tertiary/aromatic N) is 2. The summed E-state index contributed by atoms with van der Waals surface area (Å²) in [5, 5.41) is 0. The Kier molecular flexibility index (Phi) is 3.09. The summed E-state index contributed by atoms with van der Waals surface area (Å²) in [6, 6.07) is 0. The van der Waals surface area contributed by atoms with Gasteiger partial charge in [-0.15, -0.1) is 0 Å². The summed E-state index contributed by atoms with van der Waals surface area (Å²) in [5.74, 6) is 1.10. The van der Waals surface area contributed by atoms with E-state index in [1.807, 2.05) is 17.8 Å². The standard InChI is InChI=1S/C11H18N2O/c1-11(2,3)8-9(14)7-10-12-5-6-13(10)4/h5-6H,7-8H2,1-4H3. The minimum Gasteiger partial charge on any atom is -0.338 e. The molecule has 1 aromatic rings. The molecule has 1 rings (SSSR count). The minimum atomic E-state index is 0.0717. The lowest BCUT2D eigenvalue weighted by molar-refractivity contribution is -0.120. The normalized spacial score (nSPS) is 11.7. The number of imidazole rings is 1. The molecule has 14 heavy (non-hydrogen) atoms. The Morgan fingerprint density at radius 2 is 2.14 bits per heavy atom. The van der Waals surface area contributed by atoms with Crippen LogP contribution in [0.4, 0.5) is 0 Å². The molecule has 0 bridgehead atoms. The van der Waals surface area contributed by atoms with E-state index in [4.69, 9.17) is 0 Å². The van der Waals surface area contributed by atoms with E-state index < -0.39 is 0 Å². The first-order chi connectivity index (χ1) is 6.38. The quantitative estimate of drug-likeness (QED) is 0.737. The largest absolute Gasteiger partial charge is 0.338 e. The summed E-state index contributed by atoms with van der Waals surface area (Å²) in [6.07, 6.45) is 4.64. The van der Waals surface area contributed by atoms with Crippen molar-refractivity contribution in [1.82, 2.24) is 9.55 Å². The molecule has 0 spiro atoms. The number of Topliss-reactive ketones (excluding diaryl/α,β-unsaturated/α-hetero) is 1. The molecule has 0 amide bonds. The van der Waals surface area contributed by atoms with Crippen LogP contribution in [0.2, 0.25) is 0 Å². The smallest absolute Gasteiger partial charge is 0.140 e. The topological polar surface area (TPSA) is 34.9 Å². The first-order valence-electron chi connectivity index (χ1n) is 4.86. The third-order valence-electron chi connectivity index (χ3n) is 2.00. The van der Waals surface area contributed by atoms with Crippen LogP contribution in [-0.4, -0.2) is 15.3 Å². The zero-order chi connectivity index (χ0) is 10.8. The molecule has 3 heteroatoms. The zero-order valence-electron chi connectivity index (χ0n) is 9.37. The van der Waals surface area contributed by atoms with Crippen LogP contribution in [0.1, 0.15) is 33.0 Å². The Morgan fingerprint density at radius 3 is 2.57 bits per heavy atom. The Bertz CT molecular complexity index is 320. The maximum absolute atomic E-state index is 11.6. The van der Waals surface area contributed by atoms with Gasteiger partial charge in [-0.1, -0.05) is 20.8 Å². The molecule has 0 aliphatic carbocycles. The SMILES string of the molecule is Cn1ccnc1CC(=O)CC(C)(C)C. The maximum atomic E-state index is 11.6. The van der Waals surface area contributed by atoms with Crippen LogP contribution >= 0.6 is 0 Å². The van der Waals surface area contributed by atoms with Gasteiger partial charge in [0.15, 0.2) is 0 Å². The second kappa shape index (κ2) is 3.95. The van der Waals surface area contributed by atoms with Crippen LogP contribution in [0.15, 0.2) is 12.4 Å². The van der Waals surface area contributed by atoms with E-state index in [0.717, 1.165) is 5.82 Å². The van der Waals surface area contributed by atoms with Crippen molar-refractivity contribution in [1.29, 1.82) is 0 Å². The van der Waals surface area contributed by atoms with Crippen molar-refractivity contribution in [3.63, 3.8) is 0 Å². The fourth-order valence-corrected chi connectivity index (χ4v) is 1.40. The van der Waals surface area contributed by atoms with Gasteiger partial charge < -0.3 is 4.57 Å². The van der Waals surface area contributed by atoms with Crippen molar-refractivity contribution < 1.29 is 4.79 Å². The molecule has 0 N–H and O–H groups in total. The van der Waals surface area contributed by atoms with E-state index in [1.54, 1.807) is 6.20 Å². The first kappa shape index (κ1) is 11.0. The fraction of sp³-hybridized carbons (Fsp3) is 0.636. The molecule has 1 aromatic heterocycles. The van der Waals surface area contributed by atoms with Crippen LogP contribution < -0.4 is 0 Å². The van der Waals surface area contributed by atoms with Gasteiger partial charge in [0.25, 0.3) is 0 Å². The van der Waals surface area contributed by atoms with E-state index in [0.29, 0.717) is 12.8 Å². The molecular formula is C11H18N2O. The predicted molar refractivity (Wildman–Crippen MR) is 56.0 cm³/mol. The van der Waals surface area contributed by atoms with Crippen molar-refractivity contribution >= 4 is 5.78 Å². The minimum absolute atomic E-state index is 0.0717. The zero-order valence-corrected chi connectivity index (χ0v) is 9.37. The molecule has 0 saturated carbocycles. The highest BCUT2D eigenvalue weighted by Gasteiger charge is 2.17. The van der Waals surface area contributed by atoms with E-state index in [9.17, 15) is 4.79 Å². The number of rotatable bonds is 3. The third kappa shape index (κ3) is 3.32. The summed E-state index contributed by atoms with van der Waals surface area (Å²) < 4.78 is 1.89. The first-order valence-corrected chi connectivity index (χ1v) is 4.86. The van der Waals surface area contributed by atoms with E-state index in [2.05, 4.69) is 25.8 Å². The van der Waals surface area contributed by atoms with Gasteiger partial charge in [-0.05, 0) is 5.41 Å². The molecule has 0 aromatic carbocycles. The second-order valence-corrected chi connectivity index (χ2v) is 4.91. The van der Waals surface area contributed by atoms with Gasteiger partial charge in [0, 0.05) is 25.9 Å². The Hall–Kier alpha value is -1.12. The highest BCUT2D eigenvalue weighted by Crippen LogP contribution is 2.19. The highest BCUT2D eigenvalue weighted by atomic mass is 16.1. The molecule has 1 heterocycles. The summed E-state index contributed by atoms with van der Waals surface area (Å²) in [6.45, 7) is 6.22. The average Bonchev–Trinajstić information content (AvgIpc) is 2.32. The van der Waals surface area contributed by atoms with Gasteiger partial charge in [0.05, 0.1) is 6.42 Å². The predicted octanol–water partition coefficient (Wildman–Crippen LogP) is 1.97. The van der Waals surface area contributed by atoms with Crippen molar-refractivity contribution in [2.24, 2.45) is 12.5 Å². The Labute approximate surface area is 85.2 Å². The number of carbonyl (C=O) groups excluding carboxylic acids is 1. The molecular weight excluding hydrogens is 176 g/mol. The summed E-state index contributed by atoms with van der Waals surface area (Å²) in [7, 11) is 1.91. The lowest BCUT2D eigenvalue weighted by Crippen LogP contribution is -2.16. The van der Waals surface area contributed by atoms with Crippen molar-refractivity contribution in [3.05, 3.63) is 18.2 Å². The third-order valence-corrected chi connectivity index (χ3v) is 2.00. The molecule has 0 unspecified atom stereocenters. The number of hydrogen-bond acceptors (Lipinski definition) is 2. The highest BCUT2D eigenvalue weighted by molar-refractivity contribution is 5.80. The van der Waals surface area contributed by atoms with Crippen molar-refractivity contribution in [3.8, 4) is 0 Å². The number of ketones is 1. The van der Waals surface area contributed by atoms with Gasteiger partial charge in [-0.3, -0.25) is 4.79 Å². The molecule has 0 radical (unpaired) electrons. The van der Waals surface area contributed by atoms with Gasteiger partial charge >= 0.3 is 0 Å². The number of aryl methyl sites for hydroxylation is 1. The van der Waals surface area contributed by atoms with Crippen LogP contribution in [0.25, 0.3) is 0 Å². The maximum Gasteiger partial charge on any atom is 0.140 e. The van der Waals surface area contributed by atoms with E-state index in [-0.39, 0.29) is 11.2 Å². The number of carbonyl (C=O) groups is 1. The molecule has 3 nitrogen and oxygen atoms in total. The van der Waals surface area contributed by atoms with Gasteiger partial charge in [-0.2, -0.15) is 0 Å².